The normalized spacial score (nSPS) is 10.4. The number of fused-ring (bicyclic) bond motifs is 1. The first-order valence-electron chi connectivity index (χ1n) is 10.2. The molecule has 31 heavy (non-hydrogen) atoms. The number of rotatable bonds is 4. The Kier molecular flexibility index (Phi) is 7.42. The van der Waals surface area contributed by atoms with Crippen LogP contribution >= 0.6 is 15.9 Å². The molecule has 0 saturated heterocycles. The van der Waals surface area contributed by atoms with Crippen LogP contribution in [0.25, 0.3) is 16.5 Å². The number of nitrogens with two attached hydrogens (primary N) is 1. The third-order valence-electron chi connectivity index (χ3n) is 5.02. The lowest BCUT2D eigenvalue weighted by Crippen LogP contribution is -2.26. The van der Waals surface area contributed by atoms with Gasteiger partial charge in [0.2, 0.25) is 0 Å². The van der Waals surface area contributed by atoms with E-state index in [-0.39, 0.29) is 5.56 Å². The molecule has 0 aliphatic carbocycles. The number of carbonyl (C=O) groups excluding carboxylic acids is 1. The van der Waals surface area contributed by atoms with E-state index in [0.29, 0.717) is 27.7 Å². The summed E-state index contributed by atoms with van der Waals surface area (Å²) in [4.78, 5) is 24.8. The highest BCUT2D eigenvalue weighted by molar-refractivity contribution is 9.10. The maximum absolute atomic E-state index is 12.9. The van der Waals surface area contributed by atoms with Crippen molar-refractivity contribution in [3.8, 4) is 5.69 Å². The van der Waals surface area contributed by atoms with Crippen molar-refractivity contribution >= 4 is 32.6 Å². The zero-order valence-electron chi connectivity index (χ0n) is 17.6. The molecule has 0 aliphatic rings. The first kappa shape index (κ1) is 22.5. The Morgan fingerprint density at radius 1 is 0.935 bits per heavy atom. The maximum atomic E-state index is 12.9. The molecule has 0 aliphatic heterocycles. The summed E-state index contributed by atoms with van der Waals surface area (Å²) in [5.74, 6) is -0.547. The van der Waals surface area contributed by atoms with Gasteiger partial charge in [-0.05, 0) is 43.2 Å². The second-order valence-electron chi connectivity index (χ2n) is 7.23. The van der Waals surface area contributed by atoms with Crippen LogP contribution in [0.2, 0.25) is 0 Å². The molecule has 0 unspecified atom stereocenters. The average Bonchev–Trinajstić information content (AvgIpc) is 2.76. The SMILES string of the molecule is CCCc1ccccc1.Cc1c(C(N)=O)c2ccc(Br)cc2c(=O)n1-c1ccccc1. The molecule has 4 rings (SSSR count). The first-order chi connectivity index (χ1) is 14.9. The number of nitrogens with zero attached hydrogens (tertiary/aromatic N) is 1. The van der Waals surface area contributed by atoms with E-state index in [2.05, 4.69) is 53.2 Å². The lowest BCUT2D eigenvalue weighted by atomic mass is 10.0. The Hall–Kier alpha value is -3.18. The fourth-order valence-electron chi connectivity index (χ4n) is 3.62. The van der Waals surface area contributed by atoms with E-state index < -0.39 is 5.91 Å². The van der Waals surface area contributed by atoms with Gasteiger partial charge in [-0.25, -0.2) is 0 Å². The molecular formula is C26H25BrN2O2. The second-order valence-corrected chi connectivity index (χ2v) is 8.14. The minimum absolute atomic E-state index is 0.176. The highest BCUT2D eigenvalue weighted by Gasteiger charge is 2.18. The van der Waals surface area contributed by atoms with Crippen molar-refractivity contribution in [3.05, 3.63) is 111 Å². The van der Waals surface area contributed by atoms with Gasteiger partial charge in [0.1, 0.15) is 0 Å². The third-order valence-corrected chi connectivity index (χ3v) is 5.52. The molecule has 0 spiro atoms. The van der Waals surface area contributed by atoms with Crippen LogP contribution in [0.5, 0.6) is 0 Å². The lowest BCUT2D eigenvalue weighted by molar-refractivity contribution is 0.100. The Morgan fingerprint density at radius 3 is 2.13 bits per heavy atom. The molecule has 1 amide bonds. The van der Waals surface area contributed by atoms with Crippen molar-refractivity contribution in [2.75, 3.05) is 0 Å². The van der Waals surface area contributed by atoms with Gasteiger partial charge in [-0.15, -0.1) is 0 Å². The van der Waals surface area contributed by atoms with E-state index in [1.165, 1.54) is 23.0 Å². The summed E-state index contributed by atoms with van der Waals surface area (Å²) in [7, 11) is 0. The van der Waals surface area contributed by atoms with Gasteiger partial charge < -0.3 is 5.73 Å². The molecule has 0 saturated carbocycles. The van der Waals surface area contributed by atoms with E-state index in [1.54, 1.807) is 25.1 Å². The van der Waals surface area contributed by atoms with Crippen LogP contribution in [0.3, 0.4) is 0 Å². The number of hydrogen-bond acceptors (Lipinski definition) is 2. The molecular weight excluding hydrogens is 452 g/mol. The largest absolute Gasteiger partial charge is 0.366 e. The molecule has 1 heterocycles. The summed E-state index contributed by atoms with van der Waals surface area (Å²) in [6.45, 7) is 3.93. The molecule has 5 heteroatoms. The fraction of sp³-hybridized carbons (Fsp3) is 0.154. The zero-order chi connectivity index (χ0) is 22.4. The van der Waals surface area contributed by atoms with Gasteiger partial charge in [-0.3, -0.25) is 14.2 Å². The average molecular weight is 477 g/mol. The highest BCUT2D eigenvalue weighted by atomic mass is 79.9. The molecule has 1 aromatic heterocycles. The first-order valence-corrected chi connectivity index (χ1v) is 11.0. The highest BCUT2D eigenvalue weighted by Crippen LogP contribution is 2.24. The van der Waals surface area contributed by atoms with Gasteiger partial charge in [0.25, 0.3) is 11.5 Å². The number of hydrogen-bond donors (Lipinski definition) is 1. The van der Waals surface area contributed by atoms with Crippen LogP contribution in [-0.4, -0.2) is 10.5 Å². The van der Waals surface area contributed by atoms with Crippen molar-refractivity contribution < 1.29 is 4.79 Å². The summed E-state index contributed by atoms with van der Waals surface area (Å²) >= 11 is 3.36. The van der Waals surface area contributed by atoms with Crippen molar-refractivity contribution in [1.29, 1.82) is 0 Å². The predicted octanol–water partition coefficient (Wildman–Crippen LogP) is 5.80. The van der Waals surface area contributed by atoms with Gasteiger partial charge in [-0.1, -0.05) is 83.9 Å². The Balaban J connectivity index is 0.000000254. The second kappa shape index (κ2) is 10.2. The topological polar surface area (TPSA) is 65.1 Å². The van der Waals surface area contributed by atoms with Crippen molar-refractivity contribution in [2.45, 2.75) is 26.7 Å². The number of halogens is 1. The number of aryl methyl sites for hydroxylation is 1. The number of pyridine rings is 1. The zero-order valence-corrected chi connectivity index (χ0v) is 19.2. The summed E-state index contributed by atoms with van der Waals surface area (Å²) in [5.41, 5.74) is 8.43. The minimum atomic E-state index is -0.547. The molecule has 4 aromatic rings. The van der Waals surface area contributed by atoms with Gasteiger partial charge >= 0.3 is 0 Å². The number of carbonyl (C=O) groups is 1. The fourth-order valence-corrected chi connectivity index (χ4v) is 3.98. The summed E-state index contributed by atoms with van der Waals surface area (Å²) < 4.78 is 2.30. The van der Waals surface area contributed by atoms with Crippen LogP contribution in [0, 0.1) is 6.92 Å². The molecule has 3 aromatic carbocycles. The van der Waals surface area contributed by atoms with Crippen LogP contribution in [0.1, 0.15) is 35.0 Å². The quantitative estimate of drug-likeness (QED) is 0.404. The van der Waals surface area contributed by atoms with E-state index in [4.69, 9.17) is 5.73 Å². The lowest BCUT2D eigenvalue weighted by Gasteiger charge is -2.15. The van der Waals surface area contributed by atoms with Crippen LogP contribution in [0.15, 0.2) is 88.1 Å². The van der Waals surface area contributed by atoms with Gasteiger partial charge in [0.15, 0.2) is 0 Å². The number of benzene rings is 3. The third kappa shape index (κ3) is 5.12. The Labute approximate surface area is 190 Å². The number of primary amides is 1. The summed E-state index contributed by atoms with van der Waals surface area (Å²) in [6, 6.07) is 25.0. The molecule has 2 N–H and O–H groups in total. The predicted molar refractivity (Wildman–Crippen MR) is 131 cm³/mol. The number of amides is 1. The molecule has 0 radical (unpaired) electrons. The van der Waals surface area contributed by atoms with Crippen LogP contribution < -0.4 is 11.3 Å². The summed E-state index contributed by atoms with van der Waals surface area (Å²) in [6.07, 6.45) is 2.45. The minimum Gasteiger partial charge on any atom is -0.366 e. The Bertz CT molecular complexity index is 1250. The van der Waals surface area contributed by atoms with E-state index in [9.17, 15) is 9.59 Å². The van der Waals surface area contributed by atoms with Crippen molar-refractivity contribution in [3.63, 3.8) is 0 Å². The molecule has 158 valence electrons. The van der Waals surface area contributed by atoms with Crippen molar-refractivity contribution in [2.24, 2.45) is 5.73 Å². The summed E-state index contributed by atoms with van der Waals surface area (Å²) in [5, 5.41) is 1.03. The molecule has 4 nitrogen and oxygen atoms in total. The monoisotopic (exact) mass is 476 g/mol. The smallest absolute Gasteiger partial charge is 0.263 e. The van der Waals surface area contributed by atoms with Gasteiger partial charge in [-0.2, -0.15) is 0 Å². The van der Waals surface area contributed by atoms with Crippen molar-refractivity contribution in [1.82, 2.24) is 4.57 Å². The maximum Gasteiger partial charge on any atom is 0.263 e. The Morgan fingerprint density at radius 2 is 1.55 bits per heavy atom. The molecule has 0 atom stereocenters. The van der Waals surface area contributed by atoms with Crippen LogP contribution in [-0.2, 0) is 6.42 Å². The van der Waals surface area contributed by atoms with E-state index >= 15 is 0 Å². The van der Waals surface area contributed by atoms with Gasteiger partial charge in [0, 0.05) is 26.6 Å². The van der Waals surface area contributed by atoms with Crippen LogP contribution in [0.4, 0.5) is 0 Å². The van der Waals surface area contributed by atoms with Gasteiger partial charge in [0.05, 0.1) is 5.56 Å². The molecule has 0 bridgehead atoms. The van der Waals surface area contributed by atoms with E-state index in [0.717, 1.165) is 4.47 Å². The van der Waals surface area contributed by atoms with E-state index in [1.807, 2.05) is 30.3 Å². The number of para-hydroxylation sites is 1. The molecule has 0 fully saturated rings. The standard InChI is InChI=1S/C17H13BrN2O2.C9H12/c1-10-15(16(19)21)13-8-7-11(18)9-14(13)17(22)20(10)12-5-3-2-4-6-12;1-2-6-9-7-4-3-5-8-9/h2-9H,1H3,(H2,19,21);3-5,7-8H,2,6H2,1H3. The number of aromatic nitrogens is 1.